The van der Waals surface area contributed by atoms with Gasteiger partial charge in [-0.15, -0.1) is 24.2 Å². The summed E-state index contributed by atoms with van der Waals surface area (Å²) in [7, 11) is 0. The minimum absolute atomic E-state index is 0. The standard InChI is InChI=1S/C16H26N2OS.ClH/c1-2-14-20-16-7-4-3-6-15(16)18-11-9-17(10-12-18)8-5-13-19;/h3-4,6-7,19H,2,5,8-14H2,1H3;1H. The van der Waals surface area contributed by atoms with E-state index in [0.29, 0.717) is 6.61 Å². The second-order valence-corrected chi connectivity index (χ2v) is 6.36. The van der Waals surface area contributed by atoms with Gasteiger partial charge in [0.05, 0.1) is 5.69 Å². The van der Waals surface area contributed by atoms with E-state index in [1.165, 1.54) is 22.8 Å². The molecule has 5 heteroatoms. The quantitative estimate of drug-likeness (QED) is 0.777. The SMILES string of the molecule is CCCSc1ccccc1N1CCN(CCCO)CC1.Cl. The van der Waals surface area contributed by atoms with Crippen molar-refractivity contribution in [1.29, 1.82) is 0 Å². The smallest absolute Gasteiger partial charge is 0.0505 e. The molecule has 0 unspecified atom stereocenters. The zero-order valence-corrected chi connectivity index (χ0v) is 14.5. The first-order valence-electron chi connectivity index (χ1n) is 7.65. The predicted molar refractivity (Wildman–Crippen MR) is 95.1 cm³/mol. The number of piperazine rings is 1. The van der Waals surface area contributed by atoms with Crippen molar-refractivity contribution < 1.29 is 5.11 Å². The van der Waals surface area contributed by atoms with E-state index in [2.05, 4.69) is 41.0 Å². The van der Waals surface area contributed by atoms with Crippen LogP contribution in [0.1, 0.15) is 19.8 Å². The highest BCUT2D eigenvalue weighted by Crippen LogP contribution is 2.31. The Labute approximate surface area is 139 Å². The lowest BCUT2D eigenvalue weighted by Crippen LogP contribution is -2.46. The third kappa shape index (κ3) is 5.70. The van der Waals surface area contributed by atoms with Gasteiger partial charge in [-0.25, -0.2) is 0 Å². The molecule has 0 bridgehead atoms. The highest BCUT2D eigenvalue weighted by Gasteiger charge is 2.18. The Morgan fingerprint density at radius 1 is 1.14 bits per heavy atom. The van der Waals surface area contributed by atoms with Gasteiger partial charge in [0, 0.05) is 44.2 Å². The molecule has 1 aromatic carbocycles. The van der Waals surface area contributed by atoms with Crippen LogP contribution in [-0.4, -0.2) is 55.1 Å². The second-order valence-electron chi connectivity index (χ2n) is 5.22. The third-order valence-corrected chi connectivity index (χ3v) is 4.94. The number of para-hydroxylation sites is 1. The molecule has 0 atom stereocenters. The highest BCUT2D eigenvalue weighted by atomic mass is 35.5. The van der Waals surface area contributed by atoms with Crippen molar-refractivity contribution in [2.75, 3.05) is 50.0 Å². The van der Waals surface area contributed by atoms with Gasteiger partial charge in [-0.2, -0.15) is 0 Å². The zero-order chi connectivity index (χ0) is 14.2. The maximum absolute atomic E-state index is 8.91. The fourth-order valence-corrected chi connectivity index (χ4v) is 3.50. The minimum Gasteiger partial charge on any atom is -0.396 e. The fourth-order valence-electron chi connectivity index (χ4n) is 2.56. The average molecular weight is 331 g/mol. The lowest BCUT2D eigenvalue weighted by Gasteiger charge is -2.36. The van der Waals surface area contributed by atoms with Crippen LogP contribution in [0.4, 0.5) is 5.69 Å². The van der Waals surface area contributed by atoms with Crippen molar-refractivity contribution in [3.05, 3.63) is 24.3 Å². The molecule has 0 amide bonds. The van der Waals surface area contributed by atoms with Crippen LogP contribution in [-0.2, 0) is 0 Å². The van der Waals surface area contributed by atoms with E-state index in [0.717, 1.165) is 39.1 Å². The molecule has 1 N–H and O–H groups in total. The van der Waals surface area contributed by atoms with Gasteiger partial charge < -0.3 is 10.0 Å². The number of hydrogen-bond donors (Lipinski definition) is 1. The van der Waals surface area contributed by atoms with Crippen LogP contribution in [0.5, 0.6) is 0 Å². The van der Waals surface area contributed by atoms with Gasteiger partial charge in [-0.3, -0.25) is 4.90 Å². The molecule has 0 spiro atoms. The molecule has 0 aliphatic carbocycles. The summed E-state index contributed by atoms with van der Waals surface area (Å²) in [5, 5.41) is 8.91. The summed E-state index contributed by atoms with van der Waals surface area (Å²) in [6.45, 7) is 7.95. The summed E-state index contributed by atoms with van der Waals surface area (Å²) in [5.74, 6) is 1.19. The Hall–Kier alpha value is -0.420. The third-order valence-electron chi connectivity index (χ3n) is 3.67. The van der Waals surface area contributed by atoms with Gasteiger partial charge in [0.25, 0.3) is 0 Å². The maximum atomic E-state index is 8.91. The van der Waals surface area contributed by atoms with Gasteiger partial charge in [0.2, 0.25) is 0 Å². The van der Waals surface area contributed by atoms with Crippen molar-refractivity contribution in [2.45, 2.75) is 24.7 Å². The summed E-state index contributed by atoms with van der Waals surface area (Å²) < 4.78 is 0. The summed E-state index contributed by atoms with van der Waals surface area (Å²) in [6.07, 6.45) is 2.11. The monoisotopic (exact) mass is 330 g/mol. The maximum Gasteiger partial charge on any atom is 0.0505 e. The molecule has 3 nitrogen and oxygen atoms in total. The summed E-state index contributed by atoms with van der Waals surface area (Å²) in [4.78, 5) is 6.38. The average Bonchev–Trinajstić information content (AvgIpc) is 2.52. The number of nitrogens with zero attached hydrogens (tertiary/aromatic N) is 2. The van der Waals surface area contributed by atoms with Gasteiger partial charge in [-0.1, -0.05) is 19.1 Å². The molecule has 21 heavy (non-hydrogen) atoms. The number of rotatable bonds is 7. The predicted octanol–water partition coefficient (Wildman–Crippen LogP) is 3.11. The Morgan fingerprint density at radius 2 is 1.86 bits per heavy atom. The zero-order valence-electron chi connectivity index (χ0n) is 12.8. The molecule has 1 fully saturated rings. The minimum atomic E-state index is 0. The number of anilines is 1. The number of thioether (sulfide) groups is 1. The van der Waals surface area contributed by atoms with Crippen LogP contribution in [0.25, 0.3) is 0 Å². The van der Waals surface area contributed by atoms with Crippen LogP contribution < -0.4 is 4.90 Å². The summed E-state index contributed by atoms with van der Waals surface area (Å²) in [6, 6.07) is 8.78. The molecule has 1 aliphatic rings. The Balaban J connectivity index is 0.00000220. The van der Waals surface area contributed by atoms with Crippen LogP contribution in [0.3, 0.4) is 0 Å². The van der Waals surface area contributed by atoms with Gasteiger partial charge in [0.1, 0.15) is 0 Å². The van der Waals surface area contributed by atoms with Crippen molar-refractivity contribution in [1.82, 2.24) is 4.90 Å². The van der Waals surface area contributed by atoms with Crippen LogP contribution in [0.2, 0.25) is 0 Å². The number of hydrogen-bond acceptors (Lipinski definition) is 4. The van der Waals surface area contributed by atoms with Crippen LogP contribution in [0.15, 0.2) is 29.2 Å². The molecular weight excluding hydrogens is 304 g/mol. The topological polar surface area (TPSA) is 26.7 Å². The number of aliphatic hydroxyl groups excluding tert-OH is 1. The first-order valence-corrected chi connectivity index (χ1v) is 8.63. The van der Waals surface area contributed by atoms with Crippen molar-refractivity contribution in [3.8, 4) is 0 Å². The Morgan fingerprint density at radius 3 is 2.52 bits per heavy atom. The summed E-state index contributed by atoms with van der Waals surface area (Å²) in [5.41, 5.74) is 1.40. The van der Waals surface area contributed by atoms with Crippen LogP contribution >= 0.6 is 24.2 Å². The van der Waals surface area contributed by atoms with Crippen molar-refractivity contribution >= 4 is 29.9 Å². The van der Waals surface area contributed by atoms with Crippen molar-refractivity contribution in [2.24, 2.45) is 0 Å². The van der Waals surface area contributed by atoms with E-state index < -0.39 is 0 Å². The van der Waals surface area contributed by atoms with E-state index in [1.54, 1.807) is 0 Å². The molecule has 1 heterocycles. The normalized spacial score (nSPS) is 15.8. The molecule has 120 valence electrons. The molecule has 0 radical (unpaired) electrons. The van der Waals surface area contributed by atoms with Gasteiger partial charge in [0.15, 0.2) is 0 Å². The van der Waals surface area contributed by atoms with Crippen molar-refractivity contribution in [3.63, 3.8) is 0 Å². The lowest BCUT2D eigenvalue weighted by molar-refractivity contribution is 0.216. The van der Waals surface area contributed by atoms with Crippen LogP contribution in [0, 0.1) is 0 Å². The van der Waals surface area contributed by atoms with E-state index in [4.69, 9.17) is 5.11 Å². The lowest BCUT2D eigenvalue weighted by atomic mass is 10.2. The van der Waals surface area contributed by atoms with E-state index in [-0.39, 0.29) is 12.4 Å². The van der Waals surface area contributed by atoms with Gasteiger partial charge in [-0.05, 0) is 30.7 Å². The molecule has 0 saturated carbocycles. The summed E-state index contributed by atoms with van der Waals surface area (Å²) >= 11 is 1.97. The Bertz CT molecular complexity index is 398. The first kappa shape index (κ1) is 18.6. The first-order chi connectivity index (χ1) is 9.85. The largest absolute Gasteiger partial charge is 0.396 e. The fraction of sp³-hybridized carbons (Fsp3) is 0.625. The number of aliphatic hydroxyl groups is 1. The number of halogens is 1. The second kappa shape index (κ2) is 10.3. The molecule has 1 saturated heterocycles. The molecule has 1 aromatic rings. The Kier molecular flexibility index (Phi) is 9.16. The molecular formula is C16H27ClN2OS. The number of benzene rings is 1. The van der Waals surface area contributed by atoms with E-state index in [9.17, 15) is 0 Å². The highest BCUT2D eigenvalue weighted by molar-refractivity contribution is 7.99. The molecule has 1 aliphatic heterocycles. The molecule has 2 rings (SSSR count). The van der Waals surface area contributed by atoms with E-state index >= 15 is 0 Å². The van der Waals surface area contributed by atoms with E-state index in [1.807, 2.05) is 11.8 Å². The van der Waals surface area contributed by atoms with Gasteiger partial charge >= 0.3 is 0 Å². The molecule has 0 aromatic heterocycles.